The Kier molecular flexibility index (Phi) is 3.42. The fourth-order valence-corrected chi connectivity index (χ4v) is 3.37. The maximum absolute atomic E-state index is 13.1. The average molecular weight is 246 g/mol. The molecule has 0 saturated heterocycles. The van der Waals surface area contributed by atoms with E-state index >= 15 is 0 Å². The van der Waals surface area contributed by atoms with Crippen LogP contribution in [0, 0.1) is 5.82 Å². The van der Waals surface area contributed by atoms with E-state index in [4.69, 9.17) is 17.3 Å². The van der Waals surface area contributed by atoms with Gasteiger partial charge in [-0.1, -0.05) is 24.4 Å². The lowest BCUT2D eigenvalue weighted by Crippen LogP contribution is -1.97. The topological polar surface area (TPSA) is 26.0 Å². The highest BCUT2D eigenvalue weighted by atomic mass is 35.5. The van der Waals surface area contributed by atoms with Crippen LogP contribution in [0.2, 0.25) is 5.02 Å². The summed E-state index contributed by atoms with van der Waals surface area (Å²) in [7, 11) is 0. The zero-order chi connectivity index (χ0) is 10.8. The molecule has 1 aliphatic rings. The fourth-order valence-electron chi connectivity index (χ4n) is 1.83. The smallest absolute Gasteiger partial charge is 0.143 e. The first kappa shape index (κ1) is 11.1. The van der Waals surface area contributed by atoms with Gasteiger partial charge in [-0.15, -0.1) is 11.8 Å². The van der Waals surface area contributed by atoms with Crippen LogP contribution < -0.4 is 5.73 Å². The first-order valence-corrected chi connectivity index (χ1v) is 6.34. The molecule has 1 fully saturated rings. The van der Waals surface area contributed by atoms with Crippen LogP contribution in [0.5, 0.6) is 0 Å². The molecule has 0 unspecified atom stereocenters. The van der Waals surface area contributed by atoms with Gasteiger partial charge >= 0.3 is 0 Å². The van der Waals surface area contributed by atoms with Crippen LogP contribution in [0.15, 0.2) is 17.0 Å². The summed E-state index contributed by atoms with van der Waals surface area (Å²) in [6.45, 7) is 0. The standard InChI is InChI=1S/C11H13ClFNS/c12-8-5-11(10(14)6-9(8)13)15-7-3-1-2-4-7/h5-7H,1-4,14H2. The van der Waals surface area contributed by atoms with Crippen LogP contribution in [-0.2, 0) is 0 Å². The largest absolute Gasteiger partial charge is 0.398 e. The second-order valence-corrected chi connectivity index (χ2v) is 5.58. The Hall–Kier alpha value is -0.410. The number of nitrogen functional groups attached to an aromatic ring is 1. The summed E-state index contributed by atoms with van der Waals surface area (Å²) in [5.41, 5.74) is 6.24. The van der Waals surface area contributed by atoms with Gasteiger partial charge in [0.2, 0.25) is 0 Å². The molecule has 0 radical (unpaired) electrons. The zero-order valence-electron chi connectivity index (χ0n) is 8.30. The quantitative estimate of drug-likeness (QED) is 0.794. The average Bonchev–Trinajstić information content (AvgIpc) is 2.67. The van der Waals surface area contributed by atoms with Crippen LogP contribution in [0.3, 0.4) is 0 Å². The third kappa shape index (κ3) is 2.58. The van der Waals surface area contributed by atoms with Crippen LogP contribution in [0.25, 0.3) is 0 Å². The van der Waals surface area contributed by atoms with E-state index in [1.165, 1.54) is 31.7 Å². The number of hydrogen-bond donors (Lipinski definition) is 1. The van der Waals surface area contributed by atoms with E-state index in [1.54, 1.807) is 17.8 Å². The molecule has 1 aliphatic carbocycles. The zero-order valence-corrected chi connectivity index (χ0v) is 9.87. The van der Waals surface area contributed by atoms with E-state index in [-0.39, 0.29) is 5.02 Å². The SMILES string of the molecule is Nc1cc(F)c(Cl)cc1SC1CCCC1. The summed E-state index contributed by atoms with van der Waals surface area (Å²) in [5.74, 6) is -0.440. The molecule has 1 aromatic carbocycles. The number of rotatable bonds is 2. The van der Waals surface area contributed by atoms with Crippen LogP contribution in [-0.4, -0.2) is 5.25 Å². The van der Waals surface area contributed by atoms with Crippen molar-refractivity contribution in [3.63, 3.8) is 0 Å². The number of benzene rings is 1. The van der Waals surface area contributed by atoms with Crippen molar-refractivity contribution < 1.29 is 4.39 Å². The molecule has 0 aromatic heterocycles. The molecule has 0 aliphatic heterocycles. The van der Waals surface area contributed by atoms with Crippen molar-refractivity contribution in [1.29, 1.82) is 0 Å². The van der Waals surface area contributed by atoms with Gasteiger partial charge in [-0.25, -0.2) is 4.39 Å². The summed E-state index contributed by atoms with van der Waals surface area (Å²) in [6.07, 6.45) is 5.01. The lowest BCUT2D eigenvalue weighted by atomic mass is 10.3. The van der Waals surface area contributed by atoms with Crippen molar-refractivity contribution >= 4 is 29.1 Å². The van der Waals surface area contributed by atoms with E-state index in [9.17, 15) is 4.39 Å². The van der Waals surface area contributed by atoms with Gasteiger partial charge in [0.05, 0.1) is 5.02 Å². The van der Waals surface area contributed by atoms with Crippen molar-refractivity contribution in [2.75, 3.05) is 5.73 Å². The van der Waals surface area contributed by atoms with E-state index < -0.39 is 5.82 Å². The molecular formula is C11H13ClFNS. The van der Waals surface area contributed by atoms with Crippen molar-refractivity contribution in [2.45, 2.75) is 35.8 Å². The minimum atomic E-state index is -0.440. The van der Waals surface area contributed by atoms with E-state index in [1.807, 2.05) is 0 Å². The molecule has 0 spiro atoms. The van der Waals surface area contributed by atoms with Gasteiger partial charge in [-0.2, -0.15) is 0 Å². The molecule has 1 saturated carbocycles. The first-order chi connectivity index (χ1) is 7.16. The molecule has 0 atom stereocenters. The molecule has 0 amide bonds. The number of nitrogens with two attached hydrogens (primary N) is 1. The van der Waals surface area contributed by atoms with Gasteiger partial charge in [-0.05, 0) is 25.0 Å². The lowest BCUT2D eigenvalue weighted by molar-refractivity contribution is 0.628. The second kappa shape index (κ2) is 4.62. The Morgan fingerprint density at radius 1 is 1.33 bits per heavy atom. The van der Waals surface area contributed by atoms with Crippen LogP contribution >= 0.6 is 23.4 Å². The molecule has 1 nitrogen and oxygen atoms in total. The Labute approximate surface area is 98.2 Å². The highest BCUT2D eigenvalue weighted by molar-refractivity contribution is 8.00. The number of thioether (sulfide) groups is 1. The highest BCUT2D eigenvalue weighted by Gasteiger charge is 2.18. The Morgan fingerprint density at radius 3 is 2.67 bits per heavy atom. The predicted molar refractivity (Wildman–Crippen MR) is 63.9 cm³/mol. The fraction of sp³-hybridized carbons (Fsp3) is 0.455. The molecule has 0 heterocycles. The van der Waals surface area contributed by atoms with E-state index in [0.717, 1.165) is 4.90 Å². The molecule has 1 aromatic rings. The molecule has 2 N–H and O–H groups in total. The maximum atomic E-state index is 13.1. The minimum Gasteiger partial charge on any atom is -0.398 e. The van der Waals surface area contributed by atoms with E-state index in [2.05, 4.69) is 0 Å². The highest BCUT2D eigenvalue weighted by Crippen LogP contribution is 2.38. The van der Waals surface area contributed by atoms with Crippen molar-refractivity contribution in [3.05, 3.63) is 23.0 Å². The summed E-state index contributed by atoms with van der Waals surface area (Å²) in [6, 6.07) is 2.94. The first-order valence-electron chi connectivity index (χ1n) is 5.08. The minimum absolute atomic E-state index is 0.157. The number of halogens is 2. The Balaban J connectivity index is 2.16. The van der Waals surface area contributed by atoms with Gasteiger partial charge in [0, 0.05) is 15.8 Å². The second-order valence-electron chi connectivity index (χ2n) is 3.83. The third-order valence-corrected chi connectivity index (χ3v) is 4.35. The van der Waals surface area contributed by atoms with Gasteiger partial charge in [-0.3, -0.25) is 0 Å². The third-order valence-electron chi connectivity index (χ3n) is 2.65. The molecular weight excluding hydrogens is 233 g/mol. The summed E-state index contributed by atoms with van der Waals surface area (Å²) >= 11 is 7.45. The molecule has 15 heavy (non-hydrogen) atoms. The van der Waals surface area contributed by atoms with Crippen molar-refractivity contribution in [3.8, 4) is 0 Å². The van der Waals surface area contributed by atoms with Crippen LogP contribution in [0.4, 0.5) is 10.1 Å². The predicted octanol–water partition coefficient (Wildman–Crippen LogP) is 4.10. The summed E-state index contributed by atoms with van der Waals surface area (Å²) < 4.78 is 13.1. The molecule has 2 rings (SSSR count). The Morgan fingerprint density at radius 2 is 2.00 bits per heavy atom. The monoisotopic (exact) mass is 245 g/mol. The van der Waals surface area contributed by atoms with Gasteiger partial charge in [0.25, 0.3) is 0 Å². The summed E-state index contributed by atoms with van der Waals surface area (Å²) in [5, 5.41) is 0.776. The summed E-state index contributed by atoms with van der Waals surface area (Å²) in [4.78, 5) is 0.910. The number of anilines is 1. The van der Waals surface area contributed by atoms with Gasteiger partial charge in [0.15, 0.2) is 0 Å². The van der Waals surface area contributed by atoms with Gasteiger partial charge < -0.3 is 5.73 Å². The lowest BCUT2D eigenvalue weighted by Gasteiger charge is -2.11. The van der Waals surface area contributed by atoms with Crippen LogP contribution in [0.1, 0.15) is 25.7 Å². The maximum Gasteiger partial charge on any atom is 0.143 e. The van der Waals surface area contributed by atoms with E-state index in [0.29, 0.717) is 10.9 Å². The van der Waals surface area contributed by atoms with Crippen molar-refractivity contribution in [2.24, 2.45) is 0 Å². The number of hydrogen-bond acceptors (Lipinski definition) is 2. The molecule has 4 heteroatoms. The normalized spacial score (nSPS) is 17.2. The molecule has 0 bridgehead atoms. The van der Waals surface area contributed by atoms with Gasteiger partial charge in [0.1, 0.15) is 5.82 Å². The Bertz CT molecular complexity index is 364. The molecule has 82 valence electrons. The van der Waals surface area contributed by atoms with Crippen molar-refractivity contribution in [1.82, 2.24) is 0 Å².